The van der Waals surface area contributed by atoms with Crippen LogP contribution in [-0.2, 0) is 0 Å². The minimum atomic E-state index is -1.14. The van der Waals surface area contributed by atoms with Gasteiger partial charge in [-0.15, -0.1) is 0 Å². The van der Waals surface area contributed by atoms with Gasteiger partial charge in [0.1, 0.15) is 23.3 Å². The van der Waals surface area contributed by atoms with Gasteiger partial charge in [-0.05, 0) is 35.9 Å². The maximum atomic E-state index is 14.4. The van der Waals surface area contributed by atoms with Crippen molar-refractivity contribution in [3.8, 4) is 0 Å². The number of aromatic nitrogens is 2. The van der Waals surface area contributed by atoms with E-state index >= 15 is 0 Å². The molecule has 0 aliphatic heterocycles. The predicted molar refractivity (Wildman–Crippen MR) is 119 cm³/mol. The Morgan fingerprint density at radius 1 is 1.03 bits per heavy atom. The lowest BCUT2D eigenvalue weighted by atomic mass is 10.0. The zero-order valence-electron chi connectivity index (χ0n) is 17.4. The number of hydrogen-bond donors (Lipinski definition) is 4. The number of aliphatic hydroxyl groups excluding tert-OH is 2. The van der Waals surface area contributed by atoms with Crippen LogP contribution >= 0.6 is 0 Å². The van der Waals surface area contributed by atoms with E-state index in [1.165, 1.54) is 18.3 Å². The fraction of sp³-hybridized carbons (Fsp3) is 0.125. The summed E-state index contributed by atoms with van der Waals surface area (Å²) < 4.78 is 15.9. The van der Waals surface area contributed by atoms with Crippen molar-refractivity contribution in [3.05, 3.63) is 102 Å². The lowest BCUT2D eigenvalue weighted by Crippen LogP contribution is -2.42. The largest absolute Gasteiger partial charge is 0.394 e. The second-order valence-electron chi connectivity index (χ2n) is 7.34. The van der Waals surface area contributed by atoms with E-state index in [4.69, 9.17) is 0 Å². The summed E-state index contributed by atoms with van der Waals surface area (Å²) in [6.45, 7) is -0.513. The van der Waals surface area contributed by atoms with Crippen molar-refractivity contribution in [2.24, 2.45) is 0 Å². The molecule has 0 fully saturated rings. The van der Waals surface area contributed by atoms with Crippen molar-refractivity contribution in [1.82, 2.24) is 14.7 Å². The number of amides is 2. The molecule has 0 spiro atoms. The molecule has 0 aliphatic rings. The average Bonchev–Trinajstić information content (AvgIpc) is 3.28. The minimum absolute atomic E-state index is 0.0450. The summed E-state index contributed by atoms with van der Waals surface area (Å²) in [7, 11) is 0. The van der Waals surface area contributed by atoms with E-state index in [9.17, 15) is 24.2 Å². The number of aliphatic hydroxyl groups is 2. The van der Waals surface area contributed by atoms with E-state index < -0.39 is 36.4 Å². The van der Waals surface area contributed by atoms with E-state index in [2.05, 4.69) is 15.6 Å². The van der Waals surface area contributed by atoms with E-state index in [0.717, 1.165) is 6.07 Å². The van der Waals surface area contributed by atoms with Crippen LogP contribution in [0.15, 0.2) is 79.1 Å². The van der Waals surface area contributed by atoms with Crippen LogP contribution in [0.3, 0.4) is 0 Å². The number of nitrogens with zero attached hydrogens (tertiary/aromatic N) is 2. The Balaban J connectivity index is 1.51. The standard InChI is InChI=1S/C24H21FN4O4/c25-17-10-9-16(23(32)28-19(14-30)22(31)15-6-2-1-3-7-15)12-18(17)27-24(33)20-13-26-21-8-4-5-11-29(20)21/h1-13,19,22,30-31H,14H2,(H,27,33)(H,28,32). The summed E-state index contributed by atoms with van der Waals surface area (Å²) in [5.74, 6) is -1.97. The van der Waals surface area contributed by atoms with Crippen LogP contribution in [-0.4, -0.2) is 44.1 Å². The second kappa shape index (κ2) is 9.60. The Labute approximate surface area is 188 Å². The highest BCUT2D eigenvalue weighted by Crippen LogP contribution is 2.20. The van der Waals surface area contributed by atoms with Gasteiger partial charge < -0.3 is 20.8 Å². The molecular weight excluding hydrogens is 427 g/mol. The van der Waals surface area contributed by atoms with Crippen molar-refractivity contribution in [3.63, 3.8) is 0 Å². The summed E-state index contributed by atoms with van der Waals surface area (Å²) in [6, 6.07) is 16.3. The molecule has 4 N–H and O–H groups in total. The topological polar surface area (TPSA) is 116 Å². The lowest BCUT2D eigenvalue weighted by molar-refractivity contribution is 0.0703. The van der Waals surface area contributed by atoms with Crippen LogP contribution in [0, 0.1) is 5.82 Å². The lowest BCUT2D eigenvalue weighted by Gasteiger charge is -2.22. The van der Waals surface area contributed by atoms with Gasteiger partial charge in [0.25, 0.3) is 11.8 Å². The molecule has 2 aromatic carbocycles. The second-order valence-corrected chi connectivity index (χ2v) is 7.34. The molecule has 0 saturated carbocycles. The van der Waals surface area contributed by atoms with E-state index in [1.54, 1.807) is 59.1 Å². The molecule has 0 radical (unpaired) electrons. The Morgan fingerprint density at radius 3 is 2.55 bits per heavy atom. The number of hydrogen-bond acceptors (Lipinski definition) is 5. The molecule has 0 saturated heterocycles. The van der Waals surface area contributed by atoms with Crippen LogP contribution in [0.1, 0.15) is 32.5 Å². The number of rotatable bonds is 7. The SMILES string of the molecule is O=C(NC(CO)C(O)c1ccccc1)c1ccc(F)c(NC(=O)c2cnc3ccccn23)c1. The molecule has 4 aromatic rings. The maximum absolute atomic E-state index is 14.4. The first-order chi connectivity index (χ1) is 16.0. The van der Waals surface area contributed by atoms with Crippen molar-refractivity contribution >= 4 is 23.1 Å². The Morgan fingerprint density at radius 2 is 1.79 bits per heavy atom. The number of halogens is 1. The van der Waals surface area contributed by atoms with Gasteiger partial charge in [0.2, 0.25) is 0 Å². The number of fused-ring (bicyclic) bond motifs is 1. The summed E-state index contributed by atoms with van der Waals surface area (Å²) in [5.41, 5.74) is 1.14. The van der Waals surface area contributed by atoms with Crippen LogP contribution in [0.2, 0.25) is 0 Å². The van der Waals surface area contributed by atoms with Gasteiger partial charge in [-0.2, -0.15) is 0 Å². The highest BCUT2D eigenvalue weighted by molar-refractivity contribution is 6.04. The molecule has 33 heavy (non-hydrogen) atoms. The first-order valence-electron chi connectivity index (χ1n) is 10.2. The van der Waals surface area contributed by atoms with Crippen LogP contribution in [0.25, 0.3) is 5.65 Å². The molecule has 2 unspecified atom stereocenters. The van der Waals surface area contributed by atoms with Gasteiger partial charge in [0, 0.05) is 11.8 Å². The third-order valence-electron chi connectivity index (χ3n) is 5.16. The molecule has 4 rings (SSSR count). The Hall–Kier alpha value is -4.08. The molecule has 2 atom stereocenters. The number of nitrogens with one attached hydrogen (secondary N) is 2. The molecule has 8 nitrogen and oxygen atoms in total. The number of carbonyl (C=O) groups excluding carboxylic acids is 2. The first-order valence-corrected chi connectivity index (χ1v) is 10.2. The summed E-state index contributed by atoms with van der Waals surface area (Å²) in [5, 5.41) is 25.2. The number of pyridine rings is 1. The van der Waals surface area contributed by atoms with Gasteiger partial charge >= 0.3 is 0 Å². The van der Waals surface area contributed by atoms with E-state index in [-0.39, 0.29) is 16.9 Å². The monoisotopic (exact) mass is 448 g/mol. The fourth-order valence-corrected chi connectivity index (χ4v) is 3.41. The highest BCUT2D eigenvalue weighted by atomic mass is 19.1. The summed E-state index contributed by atoms with van der Waals surface area (Å²) in [4.78, 5) is 29.5. The molecular formula is C24H21FN4O4. The van der Waals surface area contributed by atoms with Crippen molar-refractivity contribution < 1.29 is 24.2 Å². The molecule has 2 amide bonds. The zero-order chi connectivity index (χ0) is 23.4. The van der Waals surface area contributed by atoms with Crippen LogP contribution in [0.5, 0.6) is 0 Å². The third kappa shape index (κ3) is 4.74. The summed E-state index contributed by atoms with van der Waals surface area (Å²) in [6.07, 6.45) is 1.88. The molecule has 9 heteroatoms. The van der Waals surface area contributed by atoms with E-state index in [0.29, 0.717) is 11.2 Å². The minimum Gasteiger partial charge on any atom is -0.394 e. The summed E-state index contributed by atoms with van der Waals surface area (Å²) >= 11 is 0. The Bertz CT molecular complexity index is 1290. The molecule has 0 aliphatic carbocycles. The van der Waals surface area contributed by atoms with Gasteiger partial charge in [0.05, 0.1) is 24.5 Å². The molecule has 2 heterocycles. The van der Waals surface area contributed by atoms with Gasteiger partial charge in [-0.1, -0.05) is 36.4 Å². The highest BCUT2D eigenvalue weighted by Gasteiger charge is 2.23. The normalized spacial score (nSPS) is 12.8. The number of carbonyl (C=O) groups is 2. The van der Waals surface area contributed by atoms with Gasteiger partial charge in [-0.25, -0.2) is 9.37 Å². The quantitative estimate of drug-likeness (QED) is 0.347. The third-order valence-corrected chi connectivity index (χ3v) is 5.16. The predicted octanol–water partition coefficient (Wildman–Crippen LogP) is 2.55. The smallest absolute Gasteiger partial charge is 0.274 e. The van der Waals surface area contributed by atoms with Crippen LogP contribution in [0.4, 0.5) is 10.1 Å². The number of imidazole rings is 1. The first kappa shape index (κ1) is 22.1. The Kier molecular flexibility index (Phi) is 6.43. The number of benzene rings is 2. The van der Waals surface area contributed by atoms with Crippen molar-refractivity contribution in [2.45, 2.75) is 12.1 Å². The van der Waals surface area contributed by atoms with Gasteiger partial charge in [0.15, 0.2) is 0 Å². The van der Waals surface area contributed by atoms with Crippen molar-refractivity contribution in [2.75, 3.05) is 11.9 Å². The molecule has 2 aromatic heterocycles. The zero-order valence-corrected chi connectivity index (χ0v) is 17.4. The molecule has 168 valence electrons. The number of anilines is 1. The van der Waals surface area contributed by atoms with Crippen molar-refractivity contribution in [1.29, 1.82) is 0 Å². The van der Waals surface area contributed by atoms with Crippen LogP contribution < -0.4 is 10.6 Å². The van der Waals surface area contributed by atoms with Gasteiger partial charge in [-0.3, -0.25) is 14.0 Å². The van der Waals surface area contributed by atoms with E-state index in [1.807, 2.05) is 0 Å². The fourth-order valence-electron chi connectivity index (χ4n) is 3.41. The average molecular weight is 448 g/mol. The maximum Gasteiger partial charge on any atom is 0.274 e. The molecule has 0 bridgehead atoms.